The smallest absolute Gasteiger partial charge is 0.172 e. The molecule has 0 aliphatic heterocycles. The van der Waals surface area contributed by atoms with E-state index in [2.05, 4.69) is 0 Å². The fourth-order valence-corrected chi connectivity index (χ4v) is 2.56. The summed E-state index contributed by atoms with van der Waals surface area (Å²) in [6, 6.07) is 9.57. The molecule has 0 unspecified atom stereocenters. The fourth-order valence-electron chi connectivity index (χ4n) is 1.87. The second-order valence-corrected chi connectivity index (χ2v) is 5.45. The number of aryl methyl sites for hydroxylation is 1. The van der Waals surface area contributed by atoms with Crippen LogP contribution in [0.25, 0.3) is 0 Å². The molecule has 4 heteroatoms. The van der Waals surface area contributed by atoms with Crippen LogP contribution >= 0.6 is 11.3 Å². The number of thiophene rings is 1. The minimum atomic E-state index is 0.180. The number of hydrogen-bond acceptors (Lipinski definition) is 4. The van der Waals surface area contributed by atoms with E-state index in [4.69, 9.17) is 9.47 Å². The molecule has 0 aliphatic rings. The monoisotopic (exact) mass is 290 g/mol. The number of ketones is 1. The molecule has 1 heterocycles. The van der Waals surface area contributed by atoms with Crippen molar-refractivity contribution in [2.75, 3.05) is 13.7 Å². The molecular weight excluding hydrogens is 272 g/mol. The molecule has 0 radical (unpaired) electrons. The van der Waals surface area contributed by atoms with E-state index in [9.17, 15) is 4.79 Å². The zero-order valence-corrected chi connectivity index (χ0v) is 12.5. The van der Waals surface area contributed by atoms with Crippen LogP contribution in [-0.2, 0) is 0 Å². The molecule has 0 fully saturated rings. The average molecular weight is 290 g/mol. The van der Waals surface area contributed by atoms with Crippen molar-refractivity contribution < 1.29 is 14.3 Å². The van der Waals surface area contributed by atoms with Gasteiger partial charge >= 0.3 is 0 Å². The summed E-state index contributed by atoms with van der Waals surface area (Å²) in [5.74, 6) is 1.63. The molecule has 0 N–H and O–H groups in total. The van der Waals surface area contributed by atoms with Crippen molar-refractivity contribution in [3.05, 3.63) is 46.2 Å². The Hall–Kier alpha value is -1.81. The standard InChI is InChI=1S/C16H18O3S/c1-12-7-8-14(15(11-12)18-2)19-9-3-5-13(17)16-6-4-10-20-16/h4,6-8,10-11H,3,5,9H2,1-2H3. The molecule has 1 aromatic heterocycles. The lowest BCUT2D eigenvalue weighted by atomic mass is 10.2. The third-order valence-corrected chi connectivity index (χ3v) is 3.83. The van der Waals surface area contributed by atoms with Crippen molar-refractivity contribution in [2.24, 2.45) is 0 Å². The lowest BCUT2D eigenvalue weighted by molar-refractivity contribution is 0.0977. The van der Waals surface area contributed by atoms with Gasteiger partial charge in [0, 0.05) is 6.42 Å². The zero-order valence-electron chi connectivity index (χ0n) is 11.7. The van der Waals surface area contributed by atoms with Crippen LogP contribution in [0.1, 0.15) is 28.1 Å². The largest absolute Gasteiger partial charge is 0.493 e. The van der Waals surface area contributed by atoms with Gasteiger partial charge in [-0.05, 0) is 42.5 Å². The first-order valence-corrected chi connectivity index (χ1v) is 7.43. The quantitative estimate of drug-likeness (QED) is 0.568. The molecule has 0 saturated heterocycles. The number of ether oxygens (including phenoxy) is 2. The highest BCUT2D eigenvalue weighted by atomic mass is 32.1. The summed E-state index contributed by atoms with van der Waals surface area (Å²) in [5, 5.41) is 1.92. The number of carbonyl (C=O) groups excluding carboxylic acids is 1. The van der Waals surface area contributed by atoms with Crippen molar-refractivity contribution in [2.45, 2.75) is 19.8 Å². The molecule has 0 spiro atoms. The van der Waals surface area contributed by atoms with E-state index in [1.54, 1.807) is 7.11 Å². The molecule has 2 aromatic rings. The molecule has 106 valence electrons. The highest BCUT2D eigenvalue weighted by Crippen LogP contribution is 2.27. The third-order valence-electron chi connectivity index (χ3n) is 2.92. The number of Topliss-reactive ketones (excluding diaryl/α,β-unsaturated/α-hetero) is 1. The van der Waals surface area contributed by atoms with Crippen LogP contribution in [0.5, 0.6) is 11.5 Å². The van der Waals surface area contributed by atoms with Gasteiger partial charge in [0.1, 0.15) is 0 Å². The first-order valence-electron chi connectivity index (χ1n) is 6.55. The van der Waals surface area contributed by atoms with Crippen LogP contribution in [-0.4, -0.2) is 19.5 Å². The van der Waals surface area contributed by atoms with Crippen LogP contribution in [0.2, 0.25) is 0 Å². The van der Waals surface area contributed by atoms with Crippen molar-refractivity contribution in [3.63, 3.8) is 0 Å². The molecule has 0 bridgehead atoms. The maximum absolute atomic E-state index is 11.8. The first-order chi connectivity index (χ1) is 9.70. The average Bonchev–Trinajstić information content (AvgIpc) is 2.98. The summed E-state index contributed by atoms with van der Waals surface area (Å²) in [6.07, 6.45) is 1.21. The number of methoxy groups -OCH3 is 1. The van der Waals surface area contributed by atoms with Crippen LogP contribution in [0.4, 0.5) is 0 Å². The Morgan fingerprint density at radius 1 is 1.25 bits per heavy atom. The SMILES string of the molecule is COc1cc(C)ccc1OCCCC(=O)c1cccs1. The van der Waals surface area contributed by atoms with Crippen LogP contribution in [0.3, 0.4) is 0 Å². The van der Waals surface area contributed by atoms with E-state index in [0.29, 0.717) is 19.4 Å². The molecule has 0 saturated carbocycles. The summed E-state index contributed by atoms with van der Waals surface area (Å²) in [7, 11) is 1.63. The maximum atomic E-state index is 11.8. The number of carbonyl (C=O) groups is 1. The Bertz CT molecular complexity index is 561. The van der Waals surface area contributed by atoms with E-state index in [1.807, 2.05) is 42.6 Å². The van der Waals surface area contributed by atoms with Gasteiger partial charge in [-0.3, -0.25) is 4.79 Å². The third kappa shape index (κ3) is 3.84. The van der Waals surface area contributed by atoms with Crippen molar-refractivity contribution in [1.29, 1.82) is 0 Å². The van der Waals surface area contributed by atoms with Gasteiger partial charge in [-0.2, -0.15) is 0 Å². The van der Waals surface area contributed by atoms with Gasteiger partial charge in [-0.25, -0.2) is 0 Å². The van der Waals surface area contributed by atoms with Crippen molar-refractivity contribution in [3.8, 4) is 11.5 Å². The van der Waals surface area contributed by atoms with Gasteiger partial charge in [0.25, 0.3) is 0 Å². The minimum absolute atomic E-state index is 0.180. The number of hydrogen-bond donors (Lipinski definition) is 0. The second kappa shape index (κ2) is 7.10. The summed E-state index contributed by atoms with van der Waals surface area (Å²) in [6.45, 7) is 2.52. The Kier molecular flexibility index (Phi) is 5.18. The molecule has 0 atom stereocenters. The lowest BCUT2D eigenvalue weighted by Gasteiger charge is -2.10. The van der Waals surface area contributed by atoms with Crippen LogP contribution in [0, 0.1) is 6.92 Å². The maximum Gasteiger partial charge on any atom is 0.172 e. The molecule has 2 rings (SSSR count). The molecular formula is C16H18O3S. The first kappa shape index (κ1) is 14.6. The van der Waals surface area contributed by atoms with E-state index >= 15 is 0 Å². The van der Waals surface area contributed by atoms with E-state index in [1.165, 1.54) is 11.3 Å². The second-order valence-electron chi connectivity index (χ2n) is 4.51. The highest BCUT2D eigenvalue weighted by molar-refractivity contribution is 7.12. The van der Waals surface area contributed by atoms with Gasteiger partial charge in [0.2, 0.25) is 0 Å². The van der Waals surface area contributed by atoms with Crippen LogP contribution < -0.4 is 9.47 Å². The van der Waals surface area contributed by atoms with Crippen LogP contribution in [0.15, 0.2) is 35.7 Å². The summed E-state index contributed by atoms with van der Waals surface area (Å²) < 4.78 is 10.9. The van der Waals surface area contributed by atoms with E-state index < -0.39 is 0 Å². The minimum Gasteiger partial charge on any atom is -0.493 e. The molecule has 0 amide bonds. The number of benzene rings is 1. The Morgan fingerprint density at radius 3 is 2.80 bits per heavy atom. The highest BCUT2D eigenvalue weighted by Gasteiger charge is 2.08. The van der Waals surface area contributed by atoms with Gasteiger partial charge in [-0.15, -0.1) is 11.3 Å². The Labute approximate surface area is 123 Å². The molecule has 3 nitrogen and oxygen atoms in total. The predicted octanol–water partition coefficient (Wildman–Crippen LogP) is 4.11. The zero-order chi connectivity index (χ0) is 14.4. The predicted molar refractivity (Wildman–Crippen MR) is 81.1 cm³/mol. The summed E-state index contributed by atoms with van der Waals surface area (Å²) >= 11 is 1.48. The van der Waals surface area contributed by atoms with Crippen molar-refractivity contribution >= 4 is 17.1 Å². The fraction of sp³-hybridized carbons (Fsp3) is 0.312. The molecule has 1 aromatic carbocycles. The Morgan fingerprint density at radius 2 is 2.10 bits per heavy atom. The topological polar surface area (TPSA) is 35.5 Å². The van der Waals surface area contributed by atoms with Gasteiger partial charge in [-0.1, -0.05) is 12.1 Å². The summed E-state index contributed by atoms with van der Waals surface area (Å²) in [4.78, 5) is 12.6. The molecule has 20 heavy (non-hydrogen) atoms. The van der Waals surface area contributed by atoms with E-state index in [0.717, 1.165) is 21.9 Å². The number of rotatable bonds is 7. The van der Waals surface area contributed by atoms with Crippen molar-refractivity contribution in [1.82, 2.24) is 0 Å². The molecule has 0 aliphatic carbocycles. The Balaban J connectivity index is 1.80. The normalized spacial score (nSPS) is 10.3. The van der Waals surface area contributed by atoms with E-state index in [-0.39, 0.29) is 5.78 Å². The summed E-state index contributed by atoms with van der Waals surface area (Å²) in [5.41, 5.74) is 1.13. The van der Waals surface area contributed by atoms with Gasteiger partial charge in [0.05, 0.1) is 18.6 Å². The lowest BCUT2D eigenvalue weighted by Crippen LogP contribution is -2.03. The van der Waals surface area contributed by atoms with Gasteiger partial charge in [0.15, 0.2) is 17.3 Å². The van der Waals surface area contributed by atoms with Gasteiger partial charge < -0.3 is 9.47 Å².